The predicted molar refractivity (Wildman–Crippen MR) is 514 cm³/mol. The second kappa shape index (κ2) is 47.0. The molecule has 0 fully saturated rings. The van der Waals surface area contributed by atoms with Gasteiger partial charge in [-0.1, -0.05) is 267 Å². The Bertz CT molecular complexity index is 5850. The Morgan fingerprint density at radius 2 is 0.585 bits per heavy atom. The molecule has 0 bridgehead atoms. The van der Waals surface area contributed by atoms with E-state index in [2.05, 4.69) is 307 Å². The monoisotopic (exact) mass is 2180 g/mol. The normalized spacial score (nSPS) is 10.7. The van der Waals surface area contributed by atoms with Crippen LogP contribution in [-0.2, 0) is 66.7 Å². The third kappa shape index (κ3) is 27.0. The molecule has 0 saturated carbocycles. The first kappa shape index (κ1) is 95.7. The Balaban J connectivity index is 0.000000173. The molecule has 0 amide bonds. The van der Waals surface area contributed by atoms with E-state index in [9.17, 15) is 0 Å². The molecule has 623 valence electrons. The molecule has 6 heterocycles. The van der Waals surface area contributed by atoms with E-state index in [1.54, 1.807) is 12.4 Å². The van der Waals surface area contributed by atoms with Gasteiger partial charge in [-0.2, -0.15) is 0 Å². The Hall–Kier alpha value is -11.1. The van der Waals surface area contributed by atoms with Crippen LogP contribution in [0.5, 0.6) is 0 Å². The van der Waals surface area contributed by atoms with Gasteiger partial charge in [-0.3, -0.25) is 0 Å². The molecule has 0 unspecified atom stereocenters. The zero-order chi connectivity index (χ0) is 84.3. The average molecular weight is 2180 g/mol. The number of aryl methyl sites for hydroxylation is 4. The Labute approximate surface area is 775 Å². The largest absolute Gasteiger partial charge is 0.305 e. The third-order valence-corrected chi connectivity index (χ3v) is 30.4. The van der Waals surface area contributed by atoms with Crippen LogP contribution in [0.4, 0.5) is 0 Å². The van der Waals surface area contributed by atoms with E-state index in [0.717, 1.165) is 74.0 Å². The van der Waals surface area contributed by atoms with Crippen molar-refractivity contribution in [2.75, 3.05) is 0 Å². The summed E-state index contributed by atoms with van der Waals surface area (Å²) in [5.74, 6) is 0.581. The minimum absolute atomic E-state index is 0. The summed E-state index contributed by atoms with van der Waals surface area (Å²) in [7, 11) is -4.63. The van der Waals surface area contributed by atoms with Gasteiger partial charge in [0.15, 0.2) is 0 Å². The van der Waals surface area contributed by atoms with E-state index in [4.69, 9.17) is 9.97 Å². The van der Waals surface area contributed by atoms with E-state index in [0.29, 0.717) is 5.92 Å². The number of hydrogen-bond donors (Lipinski definition) is 0. The molecule has 12 heteroatoms. The summed E-state index contributed by atoms with van der Waals surface area (Å²) in [6.45, 7) is 30.0. The van der Waals surface area contributed by atoms with Crippen molar-refractivity contribution in [3.05, 3.63) is 441 Å². The summed E-state index contributed by atoms with van der Waals surface area (Å²) in [5, 5.41) is 7.34. The van der Waals surface area contributed by atoms with E-state index >= 15 is 0 Å². The zero-order valence-corrected chi connectivity index (χ0v) is 82.4. The quantitative estimate of drug-likeness (QED) is 0.0709. The van der Waals surface area contributed by atoms with E-state index in [-0.39, 0.29) is 60.3 Å². The van der Waals surface area contributed by atoms with Crippen LogP contribution in [-0.4, -0.2) is 54.1 Å². The number of nitrogens with zero attached hydrogens (tertiary/aromatic N) is 6. The van der Waals surface area contributed by atoms with Gasteiger partial charge in [0.25, 0.3) is 0 Å². The van der Waals surface area contributed by atoms with Gasteiger partial charge in [-0.25, -0.2) is 0 Å². The van der Waals surface area contributed by atoms with Gasteiger partial charge in [0.1, 0.15) is 16.1 Å². The maximum Gasteiger partial charge on any atom is 0.112 e. The van der Waals surface area contributed by atoms with E-state index < -0.39 is 24.2 Å². The van der Waals surface area contributed by atoms with E-state index in [1.165, 1.54) is 87.1 Å². The van der Waals surface area contributed by atoms with Crippen LogP contribution in [0.25, 0.3) is 101 Å². The van der Waals surface area contributed by atoms with Crippen molar-refractivity contribution in [1.29, 1.82) is 0 Å². The molecule has 0 atom stereocenters. The molecular weight excluding hydrogens is 2080 g/mol. The van der Waals surface area contributed by atoms with Crippen LogP contribution in [0.1, 0.15) is 41.7 Å². The molecule has 11 aromatic carbocycles. The molecular formula is C111H104Ir3N6Si3-6. The van der Waals surface area contributed by atoms with Crippen molar-refractivity contribution in [3.63, 3.8) is 0 Å². The summed E-state index contributed by atoms with van der Waals surface area (Å²) in [6, 6.07) is 136. The smallest absolute Gasteiger partial charge is 0.112 e. The van der Waals surface area contributed by atoms with Crippen LogP contribution in [0, 0.1) is 70.0 Å². The van der Waals surface area contributed by atoms with Crippen molar-refractivity contribution in [1.82, 2.24) is 29.9 Å². The van der Waals surface area contributed by atoms with Gasteiger partial charge in [0.05, 0.1) is 8.07 Å². The molecule has 6 aromatic heterocycles. The van der Waals surface area contributed by atoms with Gasteiger partial charge < -0.3 is 29.9 Å². The van der Waals surface area contributed by atoms with Gasteiger partial charge in [0, 0.05) is 114 Å². The molecule has 17 aromatic rings. The summed E-state index contributed by atoms with van der Waals surface area (Å²) in [5.41, 5.74) is 25.9. The number of hydrogen-bond acceptors (Lipinski definition) is 6. The number of pyridine rings is 6. The van der Waals surface area contributed by atoms with E-state index in [1.807, 2.05) is 201 Å². The molecule has 0 N–H and O–H groups in total. The van der Waals surface area contributed by atoms with Crippen molar-refractivity contribution in [3.8, 4) is 101 Å². The second-order valence-electron chi connectivity index (χ2n) is 32.3. The molecule has 123 heavy (non-hydrogen) atoms. The predicted octanol–water partition coefficient (Wildman–Crippen LogP) is 24.9. The van der Waals surface area contributed by atoms with Crippen molar-refractivity contribution in [2.24, 2.45) is 5.92 Å². The summed E-state index contributed by atoms with van der Waals surface area (Å²) >= 11 is 0. The molecule has 0 aliphatic rings. The van der Waals surface area contributed by atoms with Gasteiger partial charge in [-0.15, -0.1) is 215 Å². The maximum absolute atomic E-state index is 4.79. The topological polar surface area (TPSA) is 77.3 Å². The molecule has 0 aliphatic carbocycles. The summed E-state index contributed by atoms with van der Waals surface area (Å²) in [4.78, 5) is 26.9. The Morgan fingerprint density at radius 1 is 0.260 bits per heavy atom. The third-order valence-electron chi connectivity index (χ3n) is 21.2. The average Bonchev–Trinajstić information content (AvgIpc) is 0.789. The molecule has 0 spiro atoms. The van der Waals surface area contributed by atoms with Crippen LogP contribution >= 0.6 is 0 Å². The van der Waals surface area contributed by atoms with Crippen molar-refractivity contribution < 1.29 is 60.3 Å². The van der Waals surface area contributed by atoms with Gasteiger partial charge in [0.2, 0.25) is 0 Å². The fourth-order valence-corrected chi connectivity index (χ4v) is 20.1. The SMILES string of the molecule is CC(C)Cc1cc(-c2[c-]cccc2)ncc1-c1ccc([Si](C)(C)c2ccccc2)cc1.Cc1cc(-c2[c-]cccc2)ncc1-c1ccc([Si](C)(C)C)cc1.Cc1cc([Si](C)(C)c2ccccc2)ccc1-c1cnc(-c2[c-]cccc2)cc1C.Cc1ccnc(-c2[c-]cccc2)c1.[Ir].[Ir].[Ir].[c-]1ccccc1-c1ccccn1.[c-]1ccccc1-c1ccccn1. The van der Waals surface area contributed by atoms with Crippen molar-refractivity contribution in [2.45, 2.75) is 93.8 Å². The molecule has 3 radical (unpaired) electrons. The molecule has 6 nitrogen and oxygen atoms in total. The fourth-order valence-electron chi connectivity index (χ4n) is 14.2. The first-order valence-electron chi connectivity index (χ1n) is 41.1. The first-order chi connectivity index (χ1) is 58.2. The zero-order valence-electron chi connectivity index (χ0n) is 72.3. The van der Waals surface area contributed by atoms with Crippen LogP contribution in [0.3, 0.4) is 0 Å². The minimum atomic E-state index is -1.70. The van der Waals surface area contributed by atoms with Crippen molar-refractivity contribution >= 4 is 50.2 Å². The Kier molecular flexibility index (Phi) is 36.6. The summed E-state index contributed by atoms with van der Waals surface area (Å²) < 4.78 is 0. The Morgan fingerprint density at radius 3 is 0.951 bits per heavy atom. The summed E-state index contributed by atoms with van der Waals surface area (Å²) in [6.07, 6.45) is 12.5. The molecule has 17 rings (SSSR count). The first-order valence-corrected chi connectivity index (χ1v) is 50.6. The van der Waals surface area contributed by atoms with Crippen LogP contribution in [0.2, 0.25) is 45.8 Å². The second-order valence-corrected chi connectivity index (χ2v) is 46.2. The molecule has 0 saturated heterocycles. The fraction of sp³-hybridized carbons (Fsp3) is 0.135. The van der Waals surface area contributed by atoms with Gasteiger partial charge in [-0.05, 0) is 131 Å². The number of rotatable bonds is 16. The number of aromatic nitrogens is 6. The molecule has 0 aliphatic heterocycles. The van der Waals surface area contributed by atoms with Crippen LogP contribution < -0.4 is 25.9 Å². The van der Waals surface area contributed by atoms with Gasteiger partial charge >= 0.3 is 0 Å². The number of benzene rings is 11. The maximum atomic E-state index is 4.79. The van der Waals surface area contributed by atoms with Crippen LogP contribution in [0.15, 0.2) is 377 Å². The minimum Gasteiger partial charge on any atom is -0.305 e. The standard InChI is InChI=1S/C29H30NSi.C27H26NSi.C21H22NSi.C12H10N.2C11H8N.3Ir/c1-22(2)19-25-20-29(24-11-7-5-8-12-24)30-21-28(25)23-15-17-27(18-16-23)31(3,4)26-13-9-6-10-14-26;1-20-17-24(29(3,4)23-13-9-6-10-14-23)15-16-25(20)26-19-28-27(18-21(26)2)22-11-7-5-8-12-22;1-16-14-21(18-8-6-5-7-9-18)22-15-20(16)17-10-12-19(13-11-17)23(2,3)4;1-10-7-8-13-12(9-10)11-5-3-2-4-6-11;2*1-2-6-10(7-3-1)11-8-4-5-9-12-11;;;/h5-11,13-18,20-22H,19H2,1-4H3;5-11,13-19H,1-4H3;5-8,10-15H,1-4H3;2-5,7-9H,1H3;2*1-6,8-9H;;;/q6*-1;;;.